The predicted octanol–water partition coefficient (Wildman–Crippen LogP) is 5.91. The number of hydrogen-bond donors (Lipinski definition) is 0. The van der Waals surface area contributed by atoms with Crippen molar-refractivity contribution in [3.63, 3.8) is 0 Å². The zero-order chi connectivity index (χ0) is 31.2. The number of carbonyl (C=O) groups is 1. The normalized spacial score (nSPS) is 15.8. The number of piperazine rings is 1. The van der Waals surface area contributed by atoms with Gasteiger partial charge in [-0.25, -0.2) is 28.5 Å². The molecule has 1 aromatic carbocycles. The molecule has 0 bridgehead atoms. The number of amides is 1. The Morgan fingerprint density at radius 2 is 1.84 bits per heavy atom. The lowest BCUT2D eigenvalue weighted by molar-refractivity contribution is 0.0218. The van der Waals surface area contributed by atoms with E-state index in [-0.39, 0.29) is 45.4 Å². The average Bonchev–Trinajstić information content (AvgIpc) is 2.92. The van der Waals surface area contributed by atoms with E-state index in [0.29, 0.717) is 31.0 Å². The number of pyridine rings is 1. The molecular formula is C31H35ClFN7O3. The summed E-state index contributed by atoms with van der Waals surface area (Å²) in [7, 11) is 0. The first-order valence-corrected chi connectivity index (χ1v) is 14.6. The summed E-state index contributed by atoms with van der Waals surface area (Å²) in [6.07, 6.45) is 1.29. The van der Waals surface area contributed by atoms with Crippen LogP contribution in [-0.2, 0) is 4.74 Å². The second kappa shape index (κ2) is 11.5. The van der Waals surface area contributed by atoms with E-state index in [4.69, 9.17) is 21.3 Å². The van der Waals surface area contributed by atoms with E-state index in [1.165, 1.54) is 10.6 Å². The lowest BCUT2D eigenvalue weighted by Gasteiger charge is -2.40. The van der Waals surface area contributed by atoms with E-state index in [0.717, 1.165) is 5.56 Å². The van der Waals surface area contributed by atoms with Gasteiger partial charge in [0.2, 0.25) is 0 Å². The topological polar surface area (TPSA) is 106 Å². The molecule has 1 fully saturated rings. The molecule has 4 aromatic rings. The molecule has 0 unspecified atom stereocenters. The Morgan fingerprint density at radius 1 is 1.12 bits per heavy atom. The average molecular weight is 608 g/mol. The molecule has 1 saturated heterocycles. The van der Waals surface area contributed by atoms with Crippen LogP contribution in [0.2, 0.25) is 5.15 Å². The highest BCUT2D eigenvalue weighted by molar-refractivity contribution is 6.32. The summed E-state index contributed by atoms with van der Waals surface area (Å²) in [5.41, 5.74) is 1.53. The van der Waals surface area contributed by atoms with Crippen molar-refractivity contribution < 1.29 is 13.9 Å². The van der Waals surface area contributed by atoms with Crippen molar-refractivity contribution in [2.45, 2.75) is 66.0 Å². The number of rotatable bonds is 4. The van der Waals surface area contributed by atoms with Crippen molar-refractivity contribution in [1.82, 2.24) is 29.4 Å². The lowest BCUT2D eigenvalue weighted by Crippen LogP contribution is -2.55. The molecule has 1 atom stereocenters. The predicted molar refractivity (Wildman–Crippen MR) is 165 cm³/mol. The number of nitrogens with zero attached hydrogens (tertiary/aromatic N) is 7. The lowest BCUT2D eigenvalue weighted by atomic mass is 10.0. The molecule has 0 saturated carbocycles. The molecule has 3 aromatic heterocycles. The number of aromatic nitrogens is 5. The number of ether oxygens (including phenoxy) is 1. The third-order valence-electron chi connectivity index (χ3n) is 7.26. The van der Waals surface area contributed by atoms with Gasteiger partial charge in [0.25, 0.3) is 0 Å². The minimum absolute atomic E-state index is 0.0243. The first-order valence-electron chi connectivity index (χ1n) is 14.2. The Kier molecular flexibility index (Phi) is 8.13. The van der Waals surface area contributed by atoms with Gasteiger partial charge in [0, 0.05) is 37.4 Å². The fourth-order valence-electron chi connectivity index (χ4n) is 5.27. The van der Waals surface area contributed by atoms with E-state index in [1.54, 1.807) is 29.3 Å². The van der Waals surface area contributed by atoms with E-state index >= 15 is 0 Å². The minimum atomic E-state index is -0.624. The van der Waals surface area contributed by atoms with Crippen molar-refractivity contribution in [1.29, 1.82) is 0 Å². The maximum absolute atomic E-state index is 15.0. The second-order valence-corrected chi connectivity index (χ2v) is 12.4. The van der Waals surface area contributed by atoms with E-state index in [1.807, 2.05) is 59.4 Å². The maximum atomic E-state index is 15.0. The monoisotopic (exact) mass is 607 g/mol. The Bertz CT molecular complexity index is 1770. The molecule has 226 valence electrons. The summed E-state index contributed by atoms with van der Waals surface area (Å²) in [5, 5.41) is -0.0297. The summed E-state index contributed by atoms with van der Waals surface area (Å²) in [4.78, 5) is 48.9. The van der Waals surface area contributed by atoms with Crippen LogP contribution in [0.4, 0.5) is 15.0 Å². The summed E-state index contributed by atoms with van der Waals surface area (Å²) in [6.45, 7) is 14.3. The molecular weight excluding hydrogens is 573 g/mol. The van der Waals surface area contributed by atoms with Gasteiger partial charge in [-0.05, 0) is 64.3 Å². The molecule has 5 rings (SSSR count). The zero-order valence-corrected chi connectivity index (χ0v) is 26.1. The molecule has 0 N–H and O–H groups in total. The SMILES string of the molecule is Cc1ccnc(C(C)C)c1-n1c(=O)nc(N2CCN(C(=O)OC(C)(C)C)C[C@@H]2C)c2nc(Cl)c(-c3ccccc3F)nc21. The van der Waals surface area contributed by atoms with Crippen LogP contribution < -0.4 is 10.6 Å². The quantitative estimate of drug-likeness (QED) is 0.282. The first-order chi connectivity index (χ1) is 20.3. The molecule has 1 amide bonds. The third kappa shape index (κ3) is 5.90. The molecule has 12 heteroatoms. The van der Waals surface area contributed by atoms with Gasteiger partial charge in [0.1, 0.15) is 17.1 Å². The molecule has 0 radical (unpaired) electrons. The molecule has 10 nitrogen and oxygen atoms in total. The highest BCUT2D eigenvalue weighted by Gasteiger charge is 2.33. The zero-order valence-electron chi connectivity index (χ0n) is 25.4. The summed E-state index contributed by atoms with van der Waals surface area (Å²) >= 11 is 6.68. The Hall–Kier alpha value is -4.12. The van der Waals surface area contributed by atoms with Crippen molar-refractivity contribution >= 4 is 34.7 Å². The maximum Gasteiger partial charge on any atom is 0.410 e. The van der Waals surface area contributed by atoms with Crippen molar-refractivity contribution in [2.24, 2.45) is 0 Å². The molecule has 0 spiro atoms. The molecule has 43 heavy (non-hydrogen) atoms. The van der Waals surface area contributed by atoms with Gasteiger partial charge in [-0.3, -0.25) is 4.98 Å². The van der Waals surface area contributed by atoms with Crippen LogP contribution in [0.15, 0.2) is 41.3 Å². The van der Waals surface area contributed by atoms with Crippen LogP contribution >= 0.6 is 11.6 Å². The van der Waals surface area contributed by atoms with Gasteiger partial charge in [-0.1, -0.05) is 37.6 Å². The van der Waals surface area contributed by atoms with Gasteiger partial charge in [-0.15, -0.1) is 0 Å². The third-order valence-corrected chi connectivity index (χ3v) is 7.52. The number of halogens is 2. The number of carbonyl (C=O) groups excluding carboxylic acids is 1. The summed E-state index contributed by atoms with van der Waals surface area (Å²) in [6, 6.07) is 7.70. The summed E-state index contributed by atoms with van der Waals surface area (Å²) in [5.74, 6) is -0.257. The Balaban J connectivity index is 1.72. The second-order valence-electron chi connectivity index (χ2n) is 12.1. The smallest absolute Gasteiger partial charge is 0.410 e. The van der Waals surface area contributed by atoms with E-state index in [2.05, 4.69) is 15.0 Å². The molecule has 1 aliphatic rings. The fraction of sp³-hybridized carbons (Fsp3) is 0.419. The minimum Gasteiger partial charge on any atom is -0.444 e. The molecule has 4 heterocycles. The highest BCUT2D eigenvalue weighted by Crippen LogP contribution is 2.34. The van der Waals surface area contributed by atoms with Crippen LogP contribution in [0, 0.1) is 12.7 Å². The fourth-order valence-corrected chi connectivity index (χ4v) is 5.50. The number of aryl methyl sites for hydroxylation is 1. The first kappa shape index (κ1) is 30.3. The number of benzene rings is 1. The van der Waals surface area contributed by atoms with E-state index < -0.39 is 23.2 Å². The standard InChI is InChI=1S/C31H35ClFN7O3/c1-17(2)22-25(18(3)12-13-34-22)40-28-24(35-26(32)23(36-28)20-10-8-9-11-21(20)33)27(37-29(40)41)39-15-14-38(16-19(39)4)30(42)43-31(5,6)7/h8-13,17,19H,14-16H2,1-7H3/t19-/m0/s1. The van der Waals surface area contributed by atoms with E-state index in [9.17, 15) is 14.0 Å². The van der Waals surface area contributed by atoms with Gasteiger partial charge in [0.15, 0.2) is 22.1 Å². The number of anilines is 1. The van der Waals surface area contributed by atoms with Crippen molar-refractivity contribution in [2.75, 3.05) is 24.5 Å². The Labute approximate surface area is 254 Å². The van der Waals surface area contributed by atoms with Gasteiger partial charge >= 0.3 is 11.8 Å². The van der Waals surface area contributed by atoms with Gasteiger partial charge < -0.3 is 14.5 Å². The van der Waals surface area contributed by atoms with Gasteiger partial charge in [0.05, 0.1) is 11.4 Å². The molecule has 0 aliphatic carbocycles. The molecule has 1 aliphatic heterocycles. The van der Waals surface area contributed by atoms with Crippen LogP contribution in [0.1, 0.15) is 58.7 Å². The van der Waals surface area contributed by atoms with Crippen molar-refractivity contribution in [3.05, 3.63) is 69.2 Å². The number of fused-ring (bicyclic) bond motifs is 1. The van der Waals surface area contributed by atoms with Crippen LogP contribution in [-0.4, -0.2) is 66.8 Å². The van der Waals surface area contributed by atoms with Gasteiger partial charge in [-0.2, -0.15) is 4.98 Å². The van der Waals surface area contributed by atoms with Crippen molar-refractivity contribution in [3.8, 4) is 16.9 Å². The van der Waals surface area contributed by atoms with Crippen LogP contribution in [0.3, 0.4) is 0 Å². The largest absolute Gasteiger partial charge is 0.444 e. The van der Waals surface area contributed by atoms with Crippen LogP contribution in [0.25, 0.3) is 28.1 Å². The Morgan fingerprint density at radius 3 is 2.49 bits per heavy atom. The summed E-state index contributed by atoms with van der Waals surface area (Å²) < 4.78 is 21.9. The number of hydrogen-bond acceptors (Lipinski definition) is 8. The van der Waals surface area contributed by atoms with Crippen LogP contribution in [0.5, 0.6) is 0 Å². The highest BCUT2D eigenvalue weighted by atomic mass is 35.5.